The summed E-state index contributed by atoms with van der Waals surface area (Å²) < 4.78 is 5.28. The lowest BCUT2D eigenvalue weighted by molar-refractivity contribution is -0.139. The van der Waals surface area contributed by atoms with Gasteiger partial charge in [0, 0.05) is 11.8 Å². The molecule has 0 spiro atoms. The Morgan fingerprint density at radius 3 is 2.38 bits per heavy atom. The fourth-order valence-electron chi connectivity index (χ4n) is 4.72. The molecule has 0 amide bonds. The van der Waals surface area contributed by atoms with Crippen LogP contribution in [0.1, 0.15) is 17.5 Å². The van der Waals surface area contributed by atoms with Crippen LogP contribution in [0.15, 0.2) is 108 Å². The molecule has 5 aromatic rings. The highest BCUT2D eigenvalue weighted by atomic mass is 16.5. The number of ether oxygens (including phenoxy) is 1. The SMILES string of the molecule is O=C(O)COc1cccc(CCCc2cc(-c3ccccc3-c3cccc4ccccc34)c[nH]c2=O)c1. The molecule has 0 fully saturated rings. The maximum Gasteiger partial charge on any atom is 0.341 e. The van der Waals surface area contributed by atoms with Crippen molar-refractivity contribution in [2.75, 3.05) is 6.61 Å². The molecular weight excluding hydrogens is 462 g/mol. The standard InChI is InChI=1S/C32H27NO4/c34-31(35)21-37-26-13-6-9-22(18-26)8-5-12-24-19-25(20-33-32(24)36)28-15-3-4-16-29(28)30-17-7-11-23-10-1-2-14-27(23)30/h1-4,6-7,9-11,13-20H,5,8,12,21H2,(H,33,36)(H,34,35). The Kier molecular flexibility index (Phi) is 7.13. The lowest BCUT2D eigenvalue weighted by Gasteiger charge is -2.13. The van der Waals surface area contributed by atoms with Crippen LogP contribution in [0.4, 0.5) is 0 Å². The maximum atomic E-state index is 12.6. The van der Waals surface area contributed by atoms with E-state index in [0.29, 0.717) is 12.2 Å². The molecule has 0 bridgehead atoms. The van der Waals surface area contributed by atoms with Crippen LogP contribution in [0.2, 0.25) is 0 Å². The van der Waals surface area contributed by atoms with E-state index in [1.54, 1.807) is 12.3 Å². The van der Waals surface area contributed by atoms with Crippen molar-refractivity contribution in [1.29, 1.82) is 0 Å². The van der Waals surface area contributed by atoms with Gasteiger partial charge in [0.05, 0.1) is 0 Å². The number of rotatable bonds is 9. The topological polar surface area (TPSA) is 79.4 Å². The third-order valence-corrected chi connectivity index (χ3v) is 6.47. The first-order chi connectivity index (χ1) is 18.1. The fraction of sp³-hybridized carbons (Fsp3) is 0.125. The molecule has 0 unspecified atom stereocenters. The third-order valence-electron chi connectivity index (χ3n) is 6.47. The first kappa shape index (κ1) is 24.1. The van der Waals surface area contributed by atoms with Crippen molar-refractivity contribution in [2.45, 2.75) is 19.3 Å². The molecule has 0 atom stereocenters. The van der Waals surface area contributed by atoms with E-state index in [9.17, 15) is 9.59 Å². The normalized spacial score (nSPS) is 10.9. The van der Waals surface area contributed by atoms with Gasteiger partial charge in [-0.2, -0.15) is 0 Å². The molecule has 5 nitrogen and oxygen atoms in total. The van der Waals surface area contributed by atoms with Crippen molar-refractivity contribution in [3.8, 4) is 28.0 Å². The summed E-state index contributed by atoms with van der Waals surface area (Å²) in [6.07, 6.45) is 3.94. The Balaban J connectivity index is 1.38. The molecule has 2 N–H and O–H groups in total. The highest BCUT2D eigenvalue weighted by molar-refractivity contribution is 6.00. The van der Waals surface area contributed by atoms with E-state index >= 15 is 0 Å². The Labute approximate surface area is 215 Å². The van der Waals surface area contributed by atoms with Gasteiger partial charge in [-0.25, -0.2) is 4.79 Å². The van der Waals surface area contributed by atoms with Crippen molar-refractivity contribution in [1.82, 2.24) is 4.98 Å². The molecule has 0 aliphatic carbocycles. The summed E-state index contributed by atoms with van der Waals surface area (Å²) in [7, 11) is 0. The number of aliphatic carboxylic acids is 1. The number of carboxylic acids is 1. The Morgan fingerprint density at radius 1 is 0.784 bits per heavy atom. The van der Waals surface area contributed by atoms with Gasteiger partial charge >= 0.3 is 5.97 Å². The first-order valence-electron chi connectivity index (χ1n) is 12.3. The molecule has 0 aliphatic rings. The van der Waals surface area contributed by atoms with Crippen molar-refractivity contribution in [3.63, 3.8) is 0 Å². The van der Waals surface area contributed by atoms with Gasteiger partial charge in [-0.05, 0) is 76.1 Å². The minimum absolute atomic E-state index is 0.0788. The van der Waals surface area contributed by atoms with Crippen LogP contribution >= 0.6 is 0 Å². The van der Waals surface area contributed by atoms with Crippen LogP contribution in [0.3, 0.4) is 0 Å². The second-order valence-electron chi connectivity index (χ2n) is 9.00. The number of fused-ring (bicyclic) bond motifs is 1. The molecule has 5 rings (SSSR count). The number of aromatic nitrogens is 1. The van der Waals surface area contributed by atoms with E-state index in [1.165, 1.54) is 10.8 Å². The van der Waals surface area contributed by atoms with E-state index in [4.69, 9.17) is 9.84 Å². The van der Waals surface area contributed by atoms with Gasteiger partial charge in [0.15, 0.2) is 6.61 Å². The molecule has 0 saturated heterocycles. The molecule has 0 radical (unpaired) electrons. The highest BCUT2D eigenvalue weighted by Gasteiger charge is 2.12. The minimum atomic E-state index is -1.01. The molecule has 4 aromatic carbocycles. The summed E-state index contributed by atoms with van der Waals surface area (Å²) in [6, 6.07) is 32.4. The number of carboxylic acid groups (broad SMARTS) is 1. The van der Waals surface area contributed by atoms with Crippen molar-refractivity contribution in [3.05, 3.63) is 125 Å². The first-order valence-corrected chi connectivity index (χ1v) is 12.3. The molecule has 1 aromatic heterocycles. The molecule has 5 heteroatoms. The van der Waals surface area contributed by atoms with Crippen LogP contribution < -0.4 is 10.3 Å². The number of pyridine rings is 1. The van der Waals surface area contributed by atoms with E-state index in [0.717, 1.165) is 46.2 Å². The zero-order valence-electron chi connectivity index (χ0n) is 20.3. The summed E-state index contributed by atoms with van der Waals surface area (Å²) in [4.78, 5) is 26.3. The number of H-pyrrole nitrogens is 1. The summed E-state index contributed by atoms with van der Waals surface area (Å²) in [6.45, 7) is -0.369. The monoisotopic (exact) mass is 489 g/mol. The summed E-state index contributed by atoms with van der Waals surface area (Å²) in [5.41, 5.74) is 6.02. The van der Waals surface area contributed by atoms with E-state index in [-0.39, 0.29) is 12.2 Å². The van der Waals surface area contributed by atoms with Crippen LogP contribution in [-0.2, 0) is 17.6 Å². The van der Waals surface area contributed by atoms with E-state index < -0.39 is 5.97 Å². The second kappa shape index (κ2) is 11.0. The molecule has 37 heavy (non-hydrogen) atoms. The number of nitrogens with one attached hydrogen (secondary N) is 1. The smallest absolute Gasteiger partial charge is 0.341 e. The lowest BCUT2D eigenvalue weighted by Crippen LogP contribution is -2.12. The average molecular weight is 490 g/mol. The van der Waals surface area contributed by atoms with Crippen LogP contribution in [0, 0.1) is 0 Å². The number of carbonyl (C=O) groups is 1. The largest absolute Gasteiger partial charge is 0.482 e. The Morgan fingerprint density at radius 2 is 1.51 bits per heavy atom. The van der Waals surface area contributed by atoms with Gasteiger partial charge in [-0.15, -0.1) is 0 Å². The van der Waals surface area contributed by atoms with E-state index in [2.05, 4.69) is 53.5 Å². The van der Waals surface area contributed by atoms with Crippen LogP contribution in [0.25, 0.3) is 33.0 Å². The average Bonchev–Trinajstić information content (AvgIpc) is 2.93. The zero-order valence-corrected chi connectivity index (χ0v) is 20.3. The summed E-state index contributed by atoms with van der Waals surface area (Å²) >= 11 is 0. The minimum Gasteiger partial charge on any atom is -0.482 e. The Bertz CT molecular complexity index is 1610. The second-order valence-corrected chi connectivity index (χ2v) is 9.00. The van der Waals surface area contributed by atoms with Gasteiger partial charge in [0.2, 0.25) is 0 Å². The summed E-state index contributed by atoms with van der Waals surface area (Å²) in [5, 5.41) is 11.2. The molecule has 0 aliphatic heterocycles. The molecule has 1 heterocycles. The molecule has 0 saturated carbocycles. The number of aryl methyl sites for hydroxylation is 2. The van der Waals surface area contributed by atoms with Crippen LogP contribution in [0.5, 0.6) is 5.75 Å². The maximum absolute atomic E-state index is 12.6. The summed E-state index contributed by atoms with van der Waals surface area (Å²) in [5.74, 6) is -0.476. The number of hydrogen-bond donors (Lipinski definition) is 2. The van der Waals surface area contributed by atoms with Gasteiger partial charge in [0.25, 0.3) is 5.56 Å². The van der Waals surface area contributed by atoms with Gasteiger partial charge in [0.1, 0.15) is 5.75 Å². The van der Waals surface area contributed by atoms with Crippen molar-refractivity contribution < 1.29 is 14.6 Å². The van der Waals surface area contributed by atoms with E-state index in [1.807, 2.05) is 42.5 Å². The van der Waals surface area contributed by atoms with Gasteiger partial charge in [-0.3, -0.25) is 4.79 Å². The van der Waals surface area contributed by atoms with Crippen LogP contribution in [-0.4, -0.2) is 22.7 Å². The quantitative estimate of drug-likeness (QED) is 0.248. The Hall–Kier alpha value is -4.64. The fourth-order valence-corrected chi connectivity index (χ4v) is 4.72. The highest BCUT2D eigenvalue weighted by Crippen LogP contribution is 2.36. The zero-order chi connectivity index (χ0) is 25.6. The predicted molar refractivity (Wildman–Crippen MR) is 147 cm³/mol. The van der Waals surface area contributed by atoms with Gasteiger partial charge in [-0.1, -0.05) is 78.9 Å². The van der Waals surface area contributed by atoms with Crippen molar-refractivity contribution in [2.24, 2.45) is 0 Å². The predicted octanol–water partition coefficient (Wildman–Crippen LogP) is 6.50. The number of hydrogen-bond acceptors (Lipinski definition) is 3. The lowest BCUT2D eigenvalue weighted by atomic mass is 9.91. The van der Waals surface area contributed by atoms with Gasteiger partial charge < -0.3 is 14.8 Å². The third kappa shape index (κ3) is 5.62. The molecular formula is C32H27NO4. The number of benzene rings is 4. The molecule has 184 valence electrons. The van der Waals surface area contributed by atoms with Crippen molar-refractivity contribution >= 4 is 16.7 Å². The number of aromatic amines is 1.